The molecule has 0 spiro atoms. The zero-order valence-corrected chi connectivity index (χ0v) is 11.5. The molecule has 0 atom stereocenters. The molecule has 1 N–H and O–H groups in total. The summed E-state index contributed by atoms with van der Waals surface area (Å²) in [5, 5.41) is 2.49. The van der Waals surface area contributed by atoms with Crippen molar-refractivity contribution in [2.75, 3.05) is 6.54 Å². The lowest BCUT2D eigenvalue weighted by molar-refractivity contribution is -0.137. The van der Waals surface area contributed by atoms with Gasteiger partial charge in [-0.25, -0.2) is 4.39 Å². The van der Waals surface area contributed by atoms with Gasteiger partial charge in [-0.05, 0) is 30.2 Å². The van der Waals surface area contributed by atoms with Gasteiger partial charge in [-0.2, -0.15) is 13.2 Å². The van der Waals surface area contributed by atoms with Crippen molar-refractivity contribution in [1.29, 1.82) is 0 Å². The van der Waals surface area contributed by atoms with E-state index in [0.717, 1.165) is 12.1 Å². The van der Waals surface area contributed by atoms with E-state index in [0.29, 0.717) is 5.56 Å². The van der Waals surface area contributed by atoms with Crippen LogP contribution in [0.5, 0.6) is 0 Å². The van der Waals surface area contributed by atoms with Crippen molar-refractivity contribution in [3.05, 3.63) is 71.0 Å². The monoisotopic (exact) mass is 311 g/mol. The Morgan fingerprint density at radius 3 is 2.45 bits per heavy atom. The molecular weight excluding hydrogens is 298 g/mol. The number of rotatable bonds is 4. The minimum absolute atomic E-state index is 0.0912. The van der Waals surface area contributed by atoms with Crippen molar-refractivity contribution < 1.29 is 22.4 Å². The summed E-state index contributed by atoms with van der Waals surface area (Å²) in [6.07, 6.45) is -4.17. The molecule has 0 aromatic heterocycles. The van der Waals surface area contributed by atoms with Crippen LogP contribution in [0.15, 0.2) is 48.5 Å². The number of hydrogen-bond donors (Lipinski definition) is 1. The highest BCUT2D eigenvalue weighted by Crippen LogP contribution is 2.29. The maximum atomic E-state index is 13.4. The number of hydrogen-bond acceptors (Lipinski definition) is 1. The number of halogens is 4. The van der Waals surface area contributed by atoms with Crippen LogP contribution in [0.3, 0.4) is 0 Å². The van der Waals surface area contributed by atoms with Crippen molar-refractivity contribution in [2.24, 2.45) is 0 Å². The molecular formula is C16H13F4NO. The second-order valence-electron chi connectivity index (χ2n) is 4.68. The zero-order chi connectivity index (χ0) is 16.2. The largest absolute Gasteiger partial charge is 0.416 e. The third-order valence-corrected chi connectivity index (χ3v) is 3.07. The van der Waals surface area contributed by atoms with Crippen LogP contribution in [-0.2, 0) is 12.6 Å². The number of benzene rings is 2. The van der Waals surface area contributed by atoms with Crippen molar-refractivity contribution in [3.8, 4) is 0 Å². The quantitative estimate of drug-likeness (QED) is 0.855. The summed E-state index contributed by atoms with van der Waals surface area (Å²) in [4.78, 5) is 11.8. The minimum atomic E-state index is -4.40. The number of carbonyl (C=O) groups excluding carboxylic acids is 1. The first-order valence-electron chi connectivity index (χ1n) is 6.57. The normalized spacial score (nSPS) is 11.3. The summed E-state index contributed by atoms with van der Waals surface area (Å²) in [7, 11) is 0. The maximum absolute atomic E-state index is 13.4. The highest BCUT2D eigenvalue weighted by Gasteiger charge is 2.30. The lowest BCUT2D eigenvalue weighted by Gasteiger charge is -2.09. The van der Waals surface area contributed by atoms with Crippen molar-refractivity contribution in [3.63, 3.8) is 0 Å². The number of alkyl halides is 3. The predicted octanol–water partition coefficient (Wildman–Crippen LogP) is 3.82. The van der Waals surface area contributed by atoms with Crippen LogP contribution in [0.4, 0.5) is 17.6 Å². The lowest BCUT2D eigenvalue weighted by Crippen LogP contribution is -2.26. The second kappa shape index (κ2) is 6.60. The standard InChI is InChI=1S/C16H13F4NO/c17-14-7-2-1-6-13(14)15(22)21-9-8-11-4-3-5-12(10-11)16(18,19)20/h1-7,10H,8-9H2,(H,21,22). The van der Waals surface area contributed by atoms with E-state index in [9.17, 15) is 22.4 Å². The Bertz CT molecular complexity index is 667. The molecule has 0 bridgehead atoms. The summed E-state index contributed by atoms with van der Waals surface area (Å²) in [5.74, 6) is -1.23. The molecule has 0 heterocycles. The smallest absolute Gasteiger partial charge is 0.352 e. The highest BCUT2D eigenvalue weighted by molar-refractivity contribution is 5.94. The summed E-state index contributed by atoms with van der Waals surface area (Å²) in [5.41, 5.74) is -0.374. The summed E-state index contributed by atoms with van der Waals surface area (Å²) in [6.45, 7) is 0.120. The first kappa shape index (κ1) is 16.0. The summed E-state index contributed by atoms with van der Waals surface area (Å²) < 4.78 is 51.1. The van der Waals surface area contributed by atoms with E-state index >= 15 is 0 Å². The first-order chi connectivity index (χ1) is 10.4. The number of amides is 1. The minimum Gasteiger partial charge on any atom is -0.352 e. The van der Waals surface area contributed by atoms with Gasteiger partial charge < -0.3 is 5.32 Å². The van der Waals surface area contributed by atoms with E-state index in [-0.39, 0.29) is 18.5 Å². The molecule has 1 amide bonds. The average Bonchev–Trinajstić information content (AvgIpc) is 2.47. The molecule has 0 unspecified atom stereocenters. The third-order valence-electron chi connectivity index (χ3n) is 3.07. The molecule has 2 nitrogen and oxygen atoms in total. The highest BCUT2D eigenvalue weighted by atomic mass is 19.4. The van der Waals surface area contributed by atoms with Gasteiger partial charge in [-0.15, -0.1) is 0 Å². The number of nitrogens with one attached hydrogen (secondary N) is 1. The fourth-order valence-corrected chi connectivity index (χ4v) is 1.96. The fourth-order valence-electron chi connectivity index (χ4n) is 1.96. The molecule has 2 aromatic carbocycles. The number of carbonyl (C=O) groups is 1. The molecule has 0 saturated carbocycles. The molecule has 2 aromatic rings. The molecule has 116 valence electrons. The topological polar surface area (TPSA) is 29.1 Å². The van der Waals surface area contributed by atoms with Gasteiger partial charge >= 0.3 is 6.18 Å². The van der Waals surface area contributed by atoms with E-state index in [1.807, 2.05) is 0 Å². The third kappa shape index (κ3) is 4.07. The van der Waals surface area contributed by atoms with Crippen molar-refractivity contribution in [2.45, 2.75) is 12.6 Å². The Hall–Kier alpha value is -2.37. The molecule has 6 heteroatoms. The van der Waals surface area contributed by atoms with E-state index in [1.54, 1.807) is 6.07 Å². The van der Waals surface area contributed by atoms with Gasteiger partial charge in [0.05, 0.1) is 11.1 Å². The molecule has 2 rings (SSSR count). The predicted molar refractivity (Wildman–Crippen MR) is 73.9 cm³/mol. The van der Waals surface area contributed by atoms with Crippen LogP contribution < -0.4 is 5.32 Å². The maximum Gasteiger partial charge on any atom is 0.416 e. The average molecular weight is 311 g/mol. The van der Waals surface area contributed by atoms with Crippen LogP contribution in [0, 0.1) is 5.82 Å². The van der Waals surface area contributed by atoms with E-state index in [1.165, 1.54) is 30.3 Å². The molecule has 0 aliphatic carbocycles. The Labute approximate surface area is 124 Å². The Morgan fingerprint density at radius 2 is 1.77 bits per heavy atom. The first-order valence-corrected chi connectivity index (χ1v) is 6.57. The van der Waals surface area contributed by atoms with E-state index < -0.39 is 23.5 Å². The van der Waals surface area contributed by atoms with Crippen molar-refractivity contribution in [1.82, 2.24) is 5.32 Å². The summed E-state index contributed by atoms with van der Waals surface area (Å²) in [6, 6.07) is 10.4. The van der Waals surface area contributed by atoms with Crippen LogP contribution in [-0.4, -0.2) is 12.5 Å². The van der Waals surface area contributed by atoms with Gasteiger partial charge in [0.2, 0.25) is 0 Å². The summed E-state index contributed by atoms with van der Waals surface area (Å²) >= 11 is 0. The molecule has 0 fully saturated rings. The Kier molecular flexibility index (Phi) is 4.80. The molecule has 22 heavy (non-hydrogen) atoms. The van der Waals surface area contributed by atoms with Gasteiger partial charge in [0.15, 0.2) is 0 Å². The zero-order valence-electron chi connectivity index (χ0n) is 11.5. The SMILES string of the molecule is O=C(NCCc1cccc(C(F)(F)F)c1)c1ccccc1F. The fraction of sp³-hybridized carbons (Fsp3) is 0.188. The van der Waals surface area contributed by atoms with Gasteiger partial charge in [-0.1, -0.05) is 30.3 Å². The van der Waals surface area contributed by atoms with Crippen LogP contribution in [0.2, 0.25) is 0 Å². The van der Waals surface area contributed by atoms with Gasteiger partial charge in [-0.3, -0.25) is 4.79 Å². The second-order valence-corrected chi connectivity index (χ2v) is 4.68. The molecule has 0 aliphatic rings. The van der Waals surface area contributed by atoms with Gasteiger partial charge in [0.1, 0.15) is 5.82 Å². The van der Waals surface area contributed by atoms with Crippen LogP contribution in [0.25, 0.3) is 0 Å². The molecule has 0 aliphatic heterocycles. The van der Waals surface area contributed by atoms with E-state index in [2.05, 4.69) is 5.32 Å². The molecule has 0 saturated heterocycles. The Balaban J connectivity index is 1.94. The van der Waals surface area contributed by atoms with Crippen molar-refractivity contribution >= 4 is 5.91 Å². The molecule has 0 radical (unpaired) electrons. The van der Waals surface area contributed by atoms with Crippen LogP contribution >= 0.6 is 0 Å². The van der Waals surface area contributed by atoms with Gasteiger partial charge in [0.25, 0.3) is 5.91 Å². The lowest BCUT2D eigenvalue weighted by atomic mass is 10.1. The van der Waals surface area contributed by atoms with Crippen LogP contribution in [0.1, 0.15) is 21.5 Å². The Morgan fingerprint density at radius 1 is 1.05 bits per heavy atom. The van der Waals surface area contributed by atoms with E-state index in [4.69, 9.17) is 0 Å². The van der Waals surface area contributed by atoms with Gasteiger partial charge in [0, 0.05) is 6.54 Å².